The van der Waals surface area contributed by atoms with E-state index in [0.29, 0.717) is 64.4 Å². The van der Waals surface area contributed by atoms with Crippen LogP contribution in [0.1, 0.15) is 36.6 Å². The maximum atomic E-state index is 15.2. The highest BCUT2D eigenvalue weighted by Crippen LogP contribution is 2.34. The molecule has 5 N–H and O–H groups in total. The first kappa shape index (κ1) is 30.0. The number of ether oxygens (including phenoxy) is 1. The lowest BCUT2D eigenvalue weighted by molar-refractivity contribution is -0.111. The van der Waals surface area contributed by atoms with Gasteiger partial charge in [-0.3, -0.25) is 14.6 Å². The molecule has 2 aromatic heterocycles. The lowest BCUT2D eigenvalue weighted by atomic mass is 9.92. The van der Waals surface area contributed by atoms with Gasteiger partial charge >= 0.3 is 0 Å². The van der Waals surface area contributed by atoms with Crippen molar-refractivity contribution < 1.29 is 18.7 Å². The van der Waals surface area contributed by atoms with Crippen LogP contribution in [0.5, 0.6) is 5.75 Å². The lowest BCUT2D eigenvalue weighted by Gasteiger charge is -2.49. The number of nitrogens with zero attached hydrogens (tertiary/aromatic N) is 4. The molecule has 3 heterocycles. The van der Waals surface area contributed by atoms with Gasteiger partial charge in [-0.1, -0.05) is 23.2 Å². The van der Waals surface area contributed by atoms with Gasteiger partial charge < -0.3 is 20.7 Å². The summed E-state index contributed by atoms with van der Waals surface area (Å²) in [4.78, 5) is 10.2. The van der Waals surface area contributed by atoms with Gasteiger partial charge in [0, 0.05) is 71.7 Å². The summed E-state index contributed by atoms with van der Waals surface area (Å²) in [6.45, 7) is 6.05. The first-order valence-corrected chi connectivity index (χ1v) is 15.6. The van der Waals surface area contributed by atoms with Crippen molar-refractivity contribution in [2.75, 3.05) is 49.3 Å². The highest BCUT2D eigenvalue weighted by molar-refractivity contribution is 7.92. The quantitative estimate of drug-likeness (QED) is 0.183. The van der Waals surface area contributed by atoms with Gasteiger partial charge in [0.1, 0.15) is 11.9 Å². The molecule has 1 aliphatic rings. The topological polar surface area (TPSA) is 131 Å². The summed E-state index contributed by atoms with van der Waals surface area (Å²) < 4.78 is 37.1. The van der Waals surface area contributed by atoms with Crippen LogP contribution in [0.25, 0.3) is 0 Å². The van der Waals surface area contributed by atoms with E-state index in [0.717, 1.165) is 0 Å². The Hall–Kier alpha value is -2.99. The van der Waals surface area contributed by atoms with Crippen molar-refractivity contribution in [3.8, 4) is 5.75 Å². The number of nitrogens with two attached hydrogens (primary N) is 2. The molecule has 214 valence electrons. The van der Waals surface area contributed by atoms with Crippen LogP contribution in [0.15, 0.2) is 47.2 Å². The van der Waals surface area contributed by atoms with Gasteiger partial charge in [0.05, 0.1) is 33.3 Å². The second-order valence-corrected chi connectivity index (χ2v) is 13.8. The smallest absolute Gasteiger partial charge is 0.215 e. The number of aromatic nitrogens is 2. The van der Waals surface area contributed by atoms with Gasteiger partial charge in [-0.05, 0) is 38.1 Å². The van der Waals surface area contributed by atoms with Crippen LogP contribution < -0.4 is 26.1 Å². The zero-order valence-corrected chi connectivity index (χ0v) is 25.1. The first-order valence-electron chi connectivity index (χ1n) is 12.5. The molecule has 0 saturated carbocycles. The van der Waals surface area contributed by atoms with E-state index in [1.165, 1.54) is 24.7 Å². The number of hydrogen-bond acceptors (Lipinski definition) is 8. The fourth-order valence-corrected chi connectivity index (χ4v) is 5.76. The molecule has 0 unspecified atom stereocenters. The second kappa shape index (κ2) is 11.9. The minimum absolute atomic E-state index is 0.216. The molecule has 40 heavy (non-hydrogen) atoms. The lowest BCUT2D eigenvalue weighted by Crippen LogP contribution is -2.68. The molecule has 3 aromatic rings. The Balaban J connectivity index is 1.44. The highest BCUT2D eigenvalue weighted by atomic mass is 35.5. The molecule has 1 fully saturated rings. The molecule has 9 nitrogen and oxygen atoms in total. The number of halogens is 3. The van der Waals surface area contributed by atoms with Crippen LogP contribution in [0.2, 0.25) is 10.0 Å². The van der Waals surface area contributed by atoms with Crippen molar-refractivity contribution in [2.24, 2.45) is 4.36 Å². The normalized spacial score (nSPS) is 15.3. The van der Waals surface area contributed by atoms with Gasteiger partial charge in [0.25, 0.3) is 0 Å². The number of rotatable bonds is 10. The van der Waals surface area contributed by atoms with Crippen molar-refractivity contribution in [1.82, 2.24) is 15.3 Å². The summed E-state index contributed by atoms with van der Waals surface area (Å²) in [5, 5.41) is 10.6. The number of anilines is 2. The van der Waals surface area contributed by atoms with E-state index < -0.39 is 21.7 Å². The Morgan fingerprint density at radius 1 is 1.27 bits per heavy atom. The summed E-state index contributed by atoms with van der Waals surface area (Å²) in [5.41, 5.74) is 8.14. The molecule has 0 amide bonds. The predicted octanol–water partition coefficient (Wildman–Crippen LogP) is 3.14. The van der Waals surface area contributed by atoms with E-state index in [9.17, 15) is 4.21 Å². The third-order valence-corrected chi connectivity index (χ3v) is 7.91. The average molecular weight is 610 g/mol. The SMILES string of the molecule is C[C@@H](Oc1ccc(N)c(C(=[NH2+])c2cnc(N3CC(C)(NCCN=S(C)(C)=O)C3)c(F)c2)c1)c1c(Cl)cncc1Cl. The molecule has 0 spiro atoms. The molecule has 4 rings (SSSR count). The minimum Gasteiger partial charge on any atom is -0.486 e. The average Bonchev–Trinajstić information content (AvgIpc) is 2.85. The maximum Gasteiger partial charge on any atom is 0.215 e. The molecule has 0 bridgehead atoms. The van der Waals surface area contributed by atoms with Gasteiger partial charge in [-0.25, -0.2) is 13.7 Å². The van der Waals surface area contributed by atoms with Gasteiger partial charge in [-0.2, -0.15) is 0 Å². The van der Waals surface area contributed by atoms with Gasteiger partial charge in [0.2, 0.25) is 5.71 Å². The van der Waals surface area contributed by atoms with Crippen LogP contribution in [-0.2, 0) is 9.73 Å². The van der Waals surface area contributed by atoms with Crippen LogP contribution in [0.4, 0.5) is 15.9 Å². The Labute approximate surface area is 243 Å². The number of pyridine rings is 2. The zero-order valence-electron chi connectivity index (χ0n) is 22.7. The van der Waals surface area contributed by atoms with Gasteiger partial charge in [-0.15, -0.1) is 0 Å². The van der Waals surface area contributed by atoms with E-state index in [1.807, 2.05) is 18.7 Å². The first-order chi connectivity index (χ1) is 18.8. The molecular weight excluding hydrogens is 576 g/mol. The van der Waals surface area contributed by atoms with Crippen molar-refractivity contribution in [2.45, 2.75) is 25.5 Å². The van der Waals surface area contributed by atoms with Crippen LogP contribution in [0, 0.1) is 5.82 Å². The number of hydrogen-bond donors (Lipinski definition) is 3. The zero-order chi connectivity index (χ0) is 29.2. The summed E-state index contributed by atoms with van der Waals surface area (Å²) in [7, 11) is -2.12. The van der Waals surface area contributed by atoms with Crippen LogP contribution in [0.3, 0.4) is 0 Å². The molecule has 1 aliphatic heterocycles. The largest absolute Gasteiger partial charge is 0.486 e. The van der Waals surface area contributed by atoms with E-state index in [1.54, 1.807) is 30.7 Å². The molecule has 1 atom stereocenters. The third-order valence-electron chi connectivity index (χ3n) is 6.50. The Morgan fingerprint density at radius 3 is 2.58 bits per heavy atom. The van der Waals surface area contributed by atoms with Crippen LogP contribution >= 0.6 is 23.2 Å². The molecule has 1 aromatic carbocycles. The number of benzene rings is 1. The summed E-state index contributed by atoms with van der Waals surface area (Å²) in [6, 6.07) is 6.41. The molecular formula is C27H33Cl2FN7O2S+. The fourth-order valence-electron chi connectivity index (χ4n) is 4.56. The molecule has 0 radical (unpaired) electrons. The molecule has 13 heteroatoms. The number of nitrogen functional groups attached to an aromatic ring is 1. The van der Waals surface area contributed by atoms with E-state index in [2.05, 4.69) is 19.6 Å². The van der Waals surface area contributed by atoms with Crippen molar-refractivity contribution in [3.63, 3.8) is 0 Å². The van der Waals surface area contributed by atoms with E-state index >= 15 is 4.39 Å². The fraction of sp³-hybridized carbons (Fsp3) is 0.370. The van der Waals surface area contributed by atoms with Gasteiger partial charge in [0.15, 0.2) is 11.6 Å². The third kappa shape index (κ3) is 7.01. The maximum absolute atomic E-state index is 15.2. The van der Waals surface area contributed by atoms with E-state index in [4.69, 9.17) is 39.1 Å². The van der Waals surface area contributed by atoms with Crippen LogP contribution in [-0.4, -0.2) is 64.1 Å². The predicted molar refractivity (Wildman–Crippen MR) is 159 cm³/mol. The Kier molecular flexibility index (Phi) is 8.89. The van der Waals surface area contributed by atoms with E-state index in [-0.39, 0.29) is 17.1 Å². The van der Waals surface area contributed by atoms with Crippen molar-refractivity contribution in [3.05, 3.63) is 75.4 Å². The molecule has 1 saturated heterocycles. The molecule has 0 aliphatic carbocycles. The summed E-state index contributed by atoms with van der Waals surface area (Å²) in [6.07, 6.45) is 7.27. The monoisotopic (exact) mass is 608 g/mol. The minimum atomic E-state index is -2.12. The summed E-state index contributed by atoms with van der Waals surface area (Å²) >= 11 is 12.5. The standard InChI is InChI=1S/C27H32Cl2FN7O2S/c1-16(24-20(28)12-33-13-21(24)29)39-18-5-6-23(31)19(10-18)25(32)17-9-22(30)26(34-11-17)37-14-27(2,15-37)35-7-8-36-40(3,4)38/h5-6,9-13,16,32,35H,7-8,14-15,31H2,1-4H3/p+1/t16-/m1/s1. The Bertz CT molecular complexity index is 1530. The second-order valence-electron chi connectivity index (χ2n) is 10.3. The van der Waals surface area contributed by atoms with Crippen molar-refractivity contribution >= 4 is 50.1 Å². The number of nitrogens with one attached hydrogen (secondary N) is 1. The summed E-state index contributed by atoms with van der Waals surface area (Å²) in [5.74, 6) is 0.237. The highest BCUT2D eigenvalue weighted by Gasteiger charge is 2.40. The Morgan fingerprint density at radius 2 is 1.95 bits per heavy atom. The van der Waals surface area contributed by atoms with Crippen molar-refractivity contribution in [1.29, 1.82) is 0 Å².